The summed E-state index contributed by atoms with van der Waals surface area (Å²) in [5.41, 5.74) is 0. The summed E-state index contributed by atoms with van der Waals surface area (Å²) < 4.78 is 6.27. The SMILES string of the molecule is C=CCOCC=C.c1ccc2sccc2c1. The van der Waals surface area contributed by atoms with Crippen molar-refractivity contribution >= 4 is 21.4 Å². The van der Waals surface area contributed by atoms with E-state index in [0.717, 1.165) is 0 Å². The topological polar surface area (TPSA) is 9.23 Å². The van der Waals surface area contributed by atoms with Crippen LogP contribution < -0.4 is 0 Å². The van der Waals surface area contributed by atoms with Crippen molar-refractivity contribution in [3.8, 4) is 0 Å². The van der Waals surface area contributed by atoms with Crippen molar-refractivity contribution in [1.82, 2.24) is 0 Å². The van der Waals surface area contributed by atoms with Crippen molar-refractivity contribution in [3.05, 3.63) is 61.0 Å². The molecule has 0 N–H and O–H groups in total. The van der Waals surface area contributed by atoms with Crippen LogP contribution >= 0.6 is 11.3 Å². The third kappa shape index (κ3) is 4.43. The lowest BCUT2D eigenvalue weighted by molar-refractivity contribution is 0.194. The number of fused-ring (bicyclic) bond motifs is 1. The molecule has 0 aliphatic heterocycles. The van der Waals surface area contributed by atoms with Crippen LogP contribution in [0, 0.1) is 0 Å². The van der Waals surface area contributed by atoms with Crippen LogP contribution in [-0.2, 0) is 4.74 Å². The molecule has 16 heavy (non-hydrogen) atoms. The Balaban J connectivity index is 0.000000168. The number of thiophene rings is 1. The zero-order valence-electron chi connectivity index (χ0n) is 9.26. The number of hydrogen-bond acceptors (Lipinski definition) is 2. The minimum atomic E-state index is 0.617. The van der Waals surface area contributed by atoms with E-state index in [1.807, 2.05) is 0 Å². The van der Waals surface area contributed by atoms with E-state index in [1.165, 1.54) is 10.1 Å². The van der Waals surface area contributed by atoms with Crippen LogP contribution in [-0.4, -0.2) is 13.2 Å². The van der Waals surface area contributed by atoms with Crippen molar-refractivity contribution in [2.24, 2.45) is 0 Å². The van der Waals surface area contributed by atoms with Gasteiger partial charge in [-0.3, -0.25) is 0 Å². The highest BCUT2D eigenvalue weighted by molar-refractivity contribution is 7.17. The molecule has 2 rings (SSSR count). The van der Waals surface area contributed by atoms with Crippen LogP contribution in [0.1, 0.15) is 0 Å². The molecule has 1 aromatic heterocycles. The van der Waals surface area contributed by atoms with E-state index >= 15 is 0 Å². The van der Waals surface area contributed by atoms with Crippen molar-refractivity contribution in [3.63, 3.8) is 0 Å². The molecule has 2 heteroatoms. The molecule has 0 amide bonds. The predicted octanol–water partition coefficient (Wildman–Crippen LogP) is 4.28. The van der Waals surface area contributed by atoms with E-state index in [0.29, 0.717) is 13.2 Å². The Hall–Kier alpha value is -1.38. The number of rotatable bonds is 4. The Morgan fingerprint density at radius 3 is 2.38 bits per heavy atom. The van der Waals surface area contributed by atoms with Gasteiger partial charge in [-0.25, -0.2) is 0 Å². The summed E-state index contributed by atoms with van der Waals surface area (Å²) in [6.45, 7) is 8.18. The lowest BCUT2D eigenvalue weighted by Gasteiger charge is -1.89. The lowest BCUT2D eigenvalue weighted by atomic mass is 10.3. The Labute approximate surface area is 101 Å². The van der Waals surface area contributed by atoms with E-state index in [1.54, 1.807) is 23.5 Å². The summed E-state index contributed by atoms with van der Waals surface area (Å²) >= 11 is 1.79. The predicted molar refractivity (Wildman–Crippen MR) is 73.0 cm³/mol. The normalized spacial score (nSPS) is 9.25. The fourth-order valence-electron chi connectivity index (χ4n) is 1.14. The Kier molecular flexibility index (Phi) is 6.23. The zero-order chi connectivity index (χ0) is 11.6. The molecule has 1 nitrogen and oxygen atoms in total. The summed E-state index contributed by atoms with van der Waals surface area (Å²) in [5.74, 6) is 0. The molecule has 1 heterocycles. The van der Waals surface area contributed by atoms with Crippen molar-refractivity contribution in [2.75, 3.05) is 13.2 Å². The second-order valence-electron chi connectivity index (χ2n) is 3.07. The highest BCUT2D eigenvalue weighted by Gasteiger charge is 1.87. The number of benzene rings is 1. The Morgan fingerprint density at radius 1 is 1.06 bits per heavy atom. The quantitative estimate of drug-likeness (QED) is 0.565. The van der Waals surface area contributed by atoms with Gasteiger partial charge in [-0.2, -0.15) is 0 Å². The van der Waals surface area contributed by atoms with E-state index in [-0.39, 0.29) is 0 Å². The molecule has 0 aliphatic carbocycles. The van der Waals surface area contributed by atoms with Gasteiger partial charge in [-0.05, 0) is 22.9 Å². The van der Waals surface area contributed by atoms with Gasteiger partial charge in [-0.15, -0.1) is 24.5 Å². The second-order valence-corrected chi connectivity index (χ2v) is 4.02. The highest BCUT2D eigenvalue weighted by atomic mass is 32.1. The van der Waals surface area contributed by atoms with Crippen LogP contribution in [0.4, 0.5) is 0 Å². The first-order chi connectivity index (χ1) is 7.88. The molecule has 0 fully saturated rings. The fourth-order valence-corrected chi connectivity index (χ4v) is 1.93. The molecule has 0 spiro atoms. The molecule has 1 aromatic carbocycles. The maximum atomic E-state index is 4.90. The van der Waals surface area contributed by atoms with E-state index in [9.17, 15) is 0 Å². The van der Waals surface area contributed by atoms with E-state index in [4.69, 9.17) is 4.74 Å². The second kappa shape index (κ2) is 7.85. The first-order valence-corrected chi connectivity index (χ1v) is 5.98. The molecule has 0 saturated carbocycles. The van der Waals surface area contributed by atoms with Gasteiger partial charge in [0.2, 0.25) is 0 Å². The molecule has 0 unspecified atom stereocenters. The Morgan fingerprint density at radius 2 is 1.75 bits per heavy atom. The Bertz CT molecular complexity index is 393. The summed E-state index contributed by atoms with van der Waals surface area (Å²) in [5, 5.41) is 3.47. The fraction of sp³-hybridized carbons (Fsp3) is 0.143. The van der Waals surface area contributed by atoms with Gasteiger partial charge in [0.15, 0.2) is 0 Å². The summed E-state index contributed by atoms with van der Waals surface area (Å²) in [6.07, 6.45) is 3.42. The van der Waals surface area contributed by atoms with E-state index in [2.05, 4.69) is 48.9 Å². The molecule has 0 radical (unpaired) electrons. The van der Waals surface area contributed by atoms with Crippen LogP contribution in [0.2, 0.25) is 0 Å². The molecule has 84 valence electrons. The van der Waals surface area contributed by atoms with Gasteiger partial charge in [0, 0.05) is 4.70 Å². The van der Waals surface area contributed by atoms with Gasteiger partial charge in [-0.1, -0.05) is 30.4 Å². The van der Waals surface area contributed by atoms with Gasteiger partial charge < -0.3 is 4.74 Å². The van der Waals surface area contributed by atoms with Crippen molar-refractivity contribution in [2.45, 2.75) is 0 Å². The van der Waals surface area contributed by atoms with Crippen LogP contribution in [0.15, 0.2) is 61.0 Å². The summed E-state index contributed by atoms with van der Waals surface area (Å²) in [6, 6.07) is 10.5. The highest BCUT2D eigenvalue weighted by Crippen LogP contribution is 2.18. The van der Waals surface area contributed by atoms with Gasteiger partial charge in [0.25, 0.3) is 0 Å². The van der Waals surface area contributed by atoms with Gasteiger partial charge >= 0.3 is 0 Å². The number of ether oxygens (including phenoxy) is 1. The first-order valence-electron chi connectivity index (χ1n) is 5.10. The number of hydrogen-bond donors (Lipinski definition) is 0. The molecular formula is C14H16OS. The first kappa shape index (κ1) is 12.7. The zero-order valence-corrected chi connectivity index (χ0v) is 10.1. The van der Waals surface area contributed by atoms with E-state index < -0.39 is 0 Å². The minimum Gasteiger partial charge on any atom is -0.373 e. The molecular weight excluding hydrogens is 216 g/mol. The molecule has 0 atom stereocenters. The monoisotopic (exact) mass is 232 g/mol. The maximum absolute atomic E-state index is 4.90. The van der Waals surface area contributed by atoms with Crippen LogP contribution in [0.5, 0.6) is 0 Å². The molecule has 2 aromatic rings. The van der Waals surface area contributed by atoms with Crippen LogP contribution in [0.25, 0.3) is 10.1 Å². The summed E-state index contributed by atoms with van der Waals surface area (Å²) in [4.78, 5) is 0. The summed E-state index contributed by atoms with van der Waals surface area (Å²) in [7, 11) is 0. The van der Waals surface area contributed by atoms with Gasteiger partial charge in [0.05, 0.1) is 13.2 Å². The maximum Gasteiger partial charge on any atom is 0.0649 e. The largest absolute Gasteiger partial charge is 0.373 e. The molecule has 0 saturated heterocycles. The third-order valence-corrected chi connectivity index (χ3v) is 2.73. The standard InChI is InChI=1S/C8H6S.C6H10O/c1-2-4-8-7(3-1)5-6-9-8;1-3-5-7-6-4-2/h1-6H;3-4H,1-2,5-6H2. The van der Waals surface area contributed by atoms with Crippen molar-refractivity contribution < 1.29 is 4.74 Å². The van der Waals surface area contributed by atoms with Crippen molar-refractivity contribution in [1.29, 1.82) is 0 Å². The van der Waals surface area contributed by atoms with Gasteiger partial charge in [0.1, 0.15) is 0 Å². The average molecular weight is 232 g/mol. The smallest absolute Gasteiger partial charge is 0.0649 e. The van der Waals surface area contributed by atoms with Crippen LogP contribution in [0.3, 0.4) is 0 Å². The molecule has 0 aliphatic rings. The average Bonchev–Trinajstić information content (AvgIpc) is 2.78. The third-order valence-electron chi connectivity index (χ3n) is 1.83. The minimum absolute atomic E-state index is 0.617. The lowest BCUT2D eigenvalue weighted by Crippen LogP contribution is -1.87. The molecule has 0 bridgehead atoms.